The highest BCUT2D eigenvalue weighted by Crippen LogP contribution is 2.32. The summed E-state index contributed by atoms with van der Waals surface area (Å²) in [6.45, 7) is 3.46. The van der Waals surface area contributed by atoms with Crippen LogP contribution in [0.4, 0.5) is 10.1 Å². The lowest BCUT2D eigenvalue weighted by Gasteiger charge is -2.35. The Balaban J connectivity index is 1.49. The van der Waals surface area contributed by atoms with E-state index in [4.69, 9.17) is 0 Å². The standard InChI is InChI=1S/C18H19FN4O2S2/c1-13-12-15(21-20-13)17-6-7-18(26-17)27(24,25)23-10-8-22(9-11-23)16-5-3-2-4-14(16)19/h2-7,12H,8-11H2,1H3,(H,20,21). The van der Waals surface area contributed by atoms with Crippen LogP contribution in [0.2, 0.25) is 0 Å². The summed E-state index contributed by atoms with van der Waals surface area (Å²) >= 11 is 1.21. The first-order valence-corrected chi connectivity index (χ1v) is 10.8. The van der Waals surface area contributed by atoms with Gasteiger partial charge < -0.3 is 4.90 Å². The third-order valence-electron chi connectivity index (χ3n) is 4.57. The number of sulfonamides is 1. The maximum Gasteiger partial charge on any atom is 0.252 e. The van der Waals surface area contributed by atoms with Gasteiger partial charge in [-0.15, -0.1) is 11.3 Å². The summed E-state index contributed by atoms with van der Waals surface area (Å²) in [7, 11) is -3.56. The number of piperazine rings is 1. The monoisotopic (exact) mass is 406 g/mol. The van der Waals surface area contributed by atoms with Gasteiger partial charge in [-0.3, -0.25) is 5.10 Å². The molecular formula is C18H19FN4O2S2. The molecule has 27 heavy (non-hydrogen) atoms. The topological polar surface area (TPSA) is 69.3 Å². The summed E-state index contributed by atoms with van der Waals surface area (Å²) in [5, 5.41) is 7.04. The van der Waals surface area contributed by atoms with E-state index in [9.17, 15) is 12.8 Å². The van der Waals surface area contributed by atoms with E-state index in [-0.39, 0.29) is 5.82 Å². The molecule has 0 bridgehead atoms. The molecule has 1 aromatic carbocycles. The molecule has 0 unspecified atom stereocenters. The quantitative estimate of drug-likeness (QED) is 0.723. The molecule has 3 aromatic rings. The predicted molar refractivity (Wildman–Crippen MR) is 104 cm³/mol. The minimum Gasteiger partial charge on any atom is -0.367 e. The van der Waals surface area contributed by atoms with Crippen molar-refractivity contribution >= 4 is 27.0 Å². The molecule has 0 aliphatic carbocycles. The number of anilines is 1. The number of nitrogens with one attached hydrogen (secondary N) is 1. The van der Waals surface area contributed by atoms with E-state index < -0.39 is 10.0 Å². The zero-order valence-electron chi connectivity index (χ0n) is 14.7. The smallest absolute Gasteiger partial charge is 0.252 e. The van der Waals surface area contributed by atoms with Gasteiger partial charge in [0, 0.05) is 31.9 Å². The van der Waals surface area contributed by atoms with Gasteiger partial charge in [0.05, 0.1) is 10.6 Å². The van der Waals surface area contributed by atoms with Crippen LogP contribution in [-0.2, 0) is 10.0 Å². The lowest BCUT2D eigenvalue weighted by Crippen LogP contribution is -2.48. The number of hydrogen-bond donors (Lipinski definition) is 1. The molecule has 0 radical (unpaired) electrons. The minimum atomic E-state index is -3.56. The van der Waals surface area contributed by atoms with Gasteiger partial charge in [-0.05, 0) is 37.3 Å². The molecule has 0 amide bonds. The van der Waals surface area contributed by atoms with Gasteiger partial charge in [0.15, 0.2) is 0 Å². The summed E-state index contributed by atoms with van der Waals surface area (Å²) in [4.78, 5) is 2.69. The Hall–Kier alpha value is -2.23. The molecule has 1 N–H and O–H groups in total. The second-order valence-electron chi connectivity index (χ2n) is 6.40. The van der Waals surface area contributed by atoms with E-state index >= 15 is 0 Å². The van der Waals surface area contributed by atoms with Crippen molar-refractivity contribution in [1.82, 2.24) is 14.5 Å². The Morgan fingerprint density at radius 1 is 1.11 bits per heavy atom. The van der Waals surface area contributed by atoms with Gasteiger partial charge in [0.2, 0.25) is 0 Å². The molecule has 4 rings (SSSR count). The third kappa shape index (κ3) is 3.50. The predicted octanol–water partition coefficient (Wildman–Crippen LogP) is 3.10. The first kappa shape index (κ1) is 18.1. The maximum atomic E-state index is 14.0. The molecule has 0 atom stereocenters. The van der Waals surface area contributed by atoms with E-state index in [1.165, 1.54) is 21.7 Å². The van der Waals surface area contributed by atoms with E-state index in [2.05, 4.69) is 10.2 Å². The van der Waals surface area contributed by atoms with Gasteiger partial charge >= 0.3 is 0 Å². The number of hydrogen-bond acceptors (Lipinski definition) is 5. The number of para-hydroxylation sites is 1. The van der Waals surface area contributed by atoms with E-state index in [0.717, 1.165) is 16.3 Å². The fourth-order valence-corrected chi connectivity index (χ4v) is 5.99. The Kier molecular flexibility index (Phi) is 4.75. The zero-order chi connectivity index (χ0) is 19.0. The average molecular weight is 407 g/mol. The number of nitrogens with zero attached hydrogens (tertiary/aromatic N) is 3. The molecule has 1 saturated heterocycles. The van der Waals surface area contributed by atoms with Crippen LogP contribution in [-0.4, -0.2) is 49.1 Å². The number of aromatic nitrogens is 2. The molecular weight excluding hydrogens is 387 g/mol. The van der Waals surface area contributed by atoms with Crippen molar-refractivity contribution in [3.63, 3.8) is 0 Å². The van der Waals surface area contributed by atoms with Gasteiger partial charge in [-0.25, -0.2) is 12.8 Å². The molecule has 2 aromatic heterocycles. The van der Waals surface area contributed by atoms with Crippen molar-refractivity contribution in [3.8, 4) is 10.6 Å². The van der Waals surface area contributed by atoms with Gasteiger partial charge in [0.25, 0.3) is 10.0 Å². The van der Waals surface area contributed by atoms with E-state index in [1.807, 2.05) is 17.9 Å². The first-order valence-electron chi connectivity index (χ1n) is 8.57. The largest absolute Gasteiger partial charge is 0.367 e. The van der Waals surface area contributed by atoms with E-state index in [1.54, 1.807) is 30.3 Å². The second-order valence-corrected chi connectivity index (χ2v) is 9.65. The van der Waals surface area contributed by atoms with Crippen molar-refractivity contribution in [3.05, 3.63) is 54.0 Å². The SMILES string of the molecule is Cc1cc(-c2ccc(S(=O)(=O)N3CCN(c4ccccc4F)CC3)s2)n[nH]1. The fourth-order valence-electron chi connectivity index (χ4n) is 3.15. The van der Waals surface area contributed by atoms with Crippen molar-refractivity contribution in [2.24, 2.45) is 0 Å². The number of aryl methyl sites for hydroxylation is 1. The number of aromatic amines is 1. The lowest BCUT2D eigenvalue weighted by atomic mass is 10.2. The number of rotatable bonds is 4. The molecule has 1 aliphatic heterocycles. The molecule has 1 aliphatic rings. The highest BCUT2D eigenvalue weighted by atomic mass is 32.2. The minimum absolute atomic E-state index is 0.286. The Morgan fingerprint density at radius 2 is 1.85 bits per heavy atom. The Morgan fingerprint density at radius 3 is 2.52 bits per heavy atom. The van der Waals surface area contributed by atoms with Crippen molar-refractivity contribution in [1.29, 1.82) is 0 Å². The second kappa shape index (κ2) is 7.06. The normalized spacial score (nSPS) is 16.0. The van der Waals surface area contributed by atoms with Crippen LogP contribution in [0.5, 0.6) is 0 Å². The van der Waals surface area contributed by atoms with Crippen LogP contribution < -0.4 is 4.90 Å². The van der Waals surface area contributed by atoms with Crippen LogP contribution >= 0.6 is 11.3 Å². The van der Waals surface area contributed by atoms with Crippen LogP contribution in [0.3, 0.4) is 0 Å². The fraction of sp³-hybridized carbons (Fsp3) is 0.278. The lowest BCUT2D eigenvalue weighted by molar-refractivity contribution is 0.384. The van der Waals surface area contributed by atoms with Crippen molar-refractivity contribution in [2.75, 3.05) is 31.1 Å². The zero-order valence-corrected chi connectivity index (χ0v) is 16.4. The number of H-pyrrole nitrogens is 1. The summed E-state index contributed by atoms with van der Waals surface area (Å²) in [5.41, 5.74) is 2.18. The third-order valence-corrected chi connectivity index (χ3v) is 8.04. The van der Waals surface area contributed by atoms with Crippen LogP contribution in [0.25, 0.3) is 10.6 Å². The molecule has 6 nitrogen and oxygen atoms in total. The Bertz CT molecular complexity index is 1050. The van der Waals surface area contributed by atoms with Gasteiger partial charge in [-0.1, -0.05) is 12.1 Å². The van der Waals surface area contributed by atoms with Crippen molar-refractivity contribution in [2.45, 2.75) is 11.1 Å². The molecule has 9 heteroatoms. The molecule has 1 fully saturated rings. The summed E-state index contributed by atoms with van der Waals surface area (Å²) in [6.07, 6.45) is 0. The number of benzene rings is 1. The van der Waals surface area contributed by atoms with Crippen LogP contribution in [0.1, 0.15) is 5.69 Å². The van der Waals surface area contributed by atoms with Crippen molar-refractivity contribution < 1.29 is 12.8 Å². The maximum absolute atomic E-state index is 14.0. The highest BCUT2D eigenvalue weighted by Gasteiger charge is 2.30. The van der Waals surface area contributed by atoms with Gasteiger partial charge in [-0.2, -0.15) is 9.40 Å². The van der Waals surface area contributed by atoms with Gasteiger partial charge in [0.1, 0.15) is 15.7 Å². The highest BCUT2D eigenvalue weighted by molar-refractivity contribution is 7.91. The summed E-state index contributed by atoms with van der Waals surface area (Å²) < 4.78 is 41.7. The molecule has 3 heterocycles. The first-order chi connectivity index (χ1) is 12.9. The Labute approximate surface area is 161 Å². The number of halogens is 1. The molecule has 142 valence electrons. The average Bonchev–Trinajstić information content (AvgIpc) is 3.32. The number of thiophene rings is 1. The molecule has 0 saturated carbocycles. The van der Waals surface area contributed by atoms with Crippen LogP contribution in [0.15, 0.2) is 46.7 Å². The van der Waals surface area contributed by atoms with E-state index in [0.29, 0.717) is 36.1 Å². The van der Waals surface area contributed by atoms with Crippen LogP contribution in [0, 0.1) is 12.7 Å². The summed E-state index contributed by atoms with van der Waals surface area (Å²) in [5.74, 6) is -0.286. The molecule has 0 spiro atoms. The summed E-state index contributed by atoms with van der Waals surface area (Å²) in [6, 6.07) is 11.9.